The van der Waals surface area contributed by atoms with Crippen molar-refractivity contribution in [1.82, 2.24) is 0 Å². The molecule has 0 saturated heterocycles. The Kier molecular flexibility index (Phi) is 1.84. The van der Waals surface area contributed by atoms with E-state index in [-0.39, 0.29) is 4.90 Å². The molecular formula is C10H8BrNO3S. The van der Waals surface area contributed by atoms with Gasteiger partial charge in [0, 0.05) is 4.47 Å². The van der Waals surface area contributed by atoms with Crippen LogP contribution in [0.4, 0.5) is 5.69 Å². The van der Waals surface area contributed by atoms with Crippen LogP contribution in [0.3, 0.4) is 0 Å². The number of carbonyl (C=O) groups is 1. The molecular weight excluding hydrogens is 294 g/mol. The van der Waals surface area contributed by atoms with Crippen molar-refractivity contribution in [3.05, 3.63) is 22.7 Å². The predicted octanol–water partition coefficient (Wildman–Crippen LogP) is 1.71. The van der Waals surface area contributed by atoms with Crippen LogP contribution in [0.25, 0.3) is 0 Å². The van der Waals surface area contributed by atoms with Crippen molar-refractivity contribution < 1.29 is 13.2 Å². The fraction of sp³-hybridized carbons (Fsp3) is 0.300. The van der Waals surface area contributed by atoms with E-state index in [1.807, 2.05) is 0 Å². The Hall–Kier alpha value is -0.880. The minimum atomic E-state index is -3.55. The minimum absolute atomic E-state index is 0.215. The lowest BCUT2D eigenvalue weighted by atomic mass is 10.3. The Balaban J connectivity index is 2.37. The number of carbonyl (C=O) groups excluding carboxylic acids is 1. The van der Waals surface area contributed by atoms with Gasteiger partial charge in [-0.05, 0) is 40.9 Å². The summed E-state index contributed by atoms with van der Waals surface area (Å²) in [6.45, 7) is 0. The molecule has 84 valence electrons. The van der Waals surface area contributed by atoms with Crippen LogP contribution in [0.15, 0.2) is 27.6 Å². The van der Waals surface area contributed by atoms with Gasteiger partial charge in [0.1, 0.15) is 4.90 Å². The Morgan fingerprint density at radius 1 is 1.31 bits per heavy atom. The van der Waals surface area contributed by atoms with E-state index in [0.29, 0.717) is 23.0 Å². The first kappa shape index (κ1) is 10.3. The number of fused-ring (bicyclic) bond motifs is 1. The molecule has 1 spiro atoms. The molecule has 1 amide bonds. The summed E-state index contributed by atoms with van der Waals surface area (Å²) < 4.78 is 24.0. The zero-order valence-corrected chi connectivity index (χ0v) is 10.6. The van der Waals surface area contributed by atoms with Crippen molar-refractivity contribution in [2.24, 2.45) is 0 Å². The average molecular weight is 302 g/mol. The van der Waals surface area contributed by atoms with E-state index in [2.05, 4.69) is 21.2 Å². The van der Waals surface area contributed by atoms with Crippen LogP contribution in [0.1, 0.15) is 12.8 Å². The summed E-state index contributed by atoms with van der Waals surface area (Å²) in [5, 5.41) is 2.66. The maximum absolute atomic E-state index is 12.3. The Bertz CT molecular complexity index is 604. The third kappa shape index (κ3) is 1.04. The maximum Gasteiger partial charge on any atom is 0.246 e. The lowest BCUT2D eigenvalue weighted by molar-refractivity contribution is -0.116. The molecule has 1 heterocycles. The van der Waals surface area contributed by atoms with Crippen molar-refractivity contribution in [1.29, 1.82) is 0 Å². The first-order valence-corrected chi connectivity index (χ1v) is 7.11. The van der Waals surface area contributed by atoms with E-state index in [1.54, 1.807) is 18.2 Å². The van der Waals surface area contributed by atoms with Gasteiger partial charge >= 0.3 is 0 Å². The molecule has 1 aromatic carbocycles. The molecule has 1 aromatic rings. The van der Waals surface area contributed by atoms with Gasteiger partial charge in [0.2, 0.25) is 5.91 Å². The highest BCUT2D eigenvalue weighted by molar-refractivity contribution is 9.10. The van der Waals surface area contributed by atoms with Gasteiger partial charge in [0.05, 0.1) is 5.69 Å². The van der Waals surface area contributed by atoms with E-state index >= 15 is 0 Å². The Morgan fingerprint density at radius 3 is 2.62 bits per heavy atom. The van der Waals surface area contributed by atoms with Crippen LogP contribution in [-0.4, -0.2) is 19.1 Å². The molecule has 3 rings (SSSR count). The molecule has 1 fully saturated rings. The summed E-state index contributed by atoms with van der Waals surface area (Å²) in [7, 11) is -3.55. The van der Waals surface area contributed by atoms with Crippen LogP contribution >= 0.6 is 15.9 Å². The average Bonchev–Trinajstić information content (AvgIpc) is 2.96. The van der Waals surface area contributed by atoms with Crippen LogP contribution in [0, 0.1) is 0 Å². The summed E-state index contributed by atoms with van der Waals surface area (Å²) in [6, 6.07) is 4.97. The van der Waals surface area contributed by atoms with E-state index in [0.717, 1.165) is 0 Å². The van der Waals surface area contributed by atoms with Crippen molar-refractivity contribution in [3.8, 4) is 0 Å². The molecule has 0 aromatic heterocycles. The highest BCUT2D eigenvalue weighted by atomic mass is 79.9. The third-order valence-electron chi connectivity index (χ3n) is 3.12. The maximum atomic E-state index is 12.3. The molecule has 0 unspecified atom stereocenters. The Morgan fingerprint density at radius 2 is 2.00 bits per heavy atom. The van der Waals surface area contributed by atoms with Crippen molar-refractivity contribution in [2.75, 3.05) is 5.32 Å². The van der Waals surface area contributed by atoms with E-state index in [4.69, 9.17) is 0 Å². The zero-order chi connectivity index (χ0) is 11.6. The molecule has 1 aliphatic carbocycles. The second-order valence-corrected chi connectivity index (χ2v) is 7.12. The van der Waals surface area contributed by atoms with Gasteiger partial charge in [0.25, 0.3) is 0 Å². The molecule has 4 nitrogen and oxygen atoms in total. The zero-order valence-electron chi connectivity index (χ0n) is 8.16. The molecule has 0 atom stereocenters. The monoisotopic (exact) mass is 301 g/mol. The van der Waals surface area contributed by atoms with Gasteiger partial charge in [-0.3, -0.25) is 4.79 Å². The van der Waals surface area contributed by atoms with Gasteiger partial charge in [-0.1, -0.05) is 6.07 Å². The standard InChI is InChI=1S/C10H8BrNO3S/c11-6-2-1-3-7-8(6)16(14,15)10(4-5-10)9(13)12-7/h1-3H,4-5H2,(H,12,13). The first-order chi connectivity index (χ1) is 7.49. The summed E-state index contributed by atoms with van der Waals surface area (Å²) >= 11 is 3.23. The fourth-order valence-electron chi connectivity index (χ4n) is 2.04. The lowest BCUT2D eigenvalue weighted by Gasteiger charge is -2.25. The van der Waals surface area contributed by atoms with Crippen molar-refractivity contribution >= 4 is 37.4 Å². The molecule has 16 heavy (non-hydrogen) atoms. The molecule has 1 aliphatic heterocycles. The van der Waals surface area contributed by atoms with Crippen LogP contribution in [0.2, 0.25) is 0 Å². The molecule has 0 radical (unpaired) electrons. The number of benzene rings is 1. The topological polar surface area (TPSA) is 63.2 Å². The quantitative estimate of drug-likeness (QED) is 0.793. The molecule has 0 bridgehead atoms. The van der Waals surface area contributed by atoms with Crippen LogP contribution < -0.4 is 5.32 Å². The summed E-state index contributed by atoms with van der Waals surface area (Å²) in [5.74, 6) is -0.391. The van der Waals surface area contributed by atoms with Crippen LogP contribution in [-0.2, 0) is 14.6 Å². The first-order valence-electron chi connectivity index (χ1n) is 4.84. The number of hydrogen-bond acceptors (Lipinski definition) is 3. The second kappa shape index (κ2) is 2.87. The highest BCUT2D eigenvalue weighted by Gasteiger charge is 2.64. The molecule has 2 aliphatic rings. The van der Waals surface area contributed by atoms with Gasteiger partial charge in [-0.2, -0.15) is 0 Å². The van der Waals surface area contributed by atoms with E-state index in [9.17, 15) is 13.2 Å². The van der Waals surface area contributed by atoms with Crippen molar-refractivity contribution in [2.45, 2.75) is 22.5 Å². The van der Waals surface area contributed by atoms with Gasteiger partial charge in [-0.25, -0.2) is 8.42 Å². The van der Waals surface area contributed by atoms with E-state index in [1.165, 1.54) is 0 Å². The Labute approximate surface area is 101 Å². The second-order valence-electron chi connectivity index (χ2n) is 4.07. The van der Waals surface area contributed by atoms with Gasteiger partial charge < -0.3 is 5.32 Å². The number of rotatable bonds is 0. The predicted molar refractivity (Wildman–Crippen MR) is 61.9 cm³/mol. The normalized spacial score (nSPS) is 23.7. The minimum Gasteiger partial charge on any atom is -0.323 e. The van der Waals surface area contributed by atoms with Gasteiger partial charge in [-0.15, -0.1) is 0 Å². The van der Waals surface area contributed by atoms with E-state index < -0.39 is 20.5 Å². The summed E-state index contributed by atoms with van der Waals surface area (Å²) in [5.41, 5.74) is 0.372. The number of hydrogen-bond donors (Lipinski definition) is 1. The number of nitrogens with one attached hydrogen (secondary N) is 1. The largest absolute Gasteiger partial charge is 0.323 e. The molecule has 1 N–H and O–H groups in total. The van der Waals surface area contributed by atoms with Crippen molar-refractivity contribution in [3.63, 3.8) is 0 Å². The number of halogens is 1. The smallest absolute Gasteiger partial charge is 0.246 e. The molecule has 1 saturated carbocycles. The third-order valence-corrected chi connectivity index (χ3v) is 6.64. The number of anilines is 1. The van der Waals surface area contributed by atoms with Crippen LogP contribution in [0.5, 0.6) is 0 Å². The summed E-state index contributed by atoms with van der Waals surface area (Å²) in [4.78, 5) is 12.0. The molecule has 6 heteroatoms. The number of sulfone groups is 1. The lowest BCUT2D eigenvalue weighted by Crippen LogP contribution is -2.42. The highest BCUT2D eigenvalue weighted by Crippen LogP contribution is 2.53. The number of amides is 1. The SMILES string of the molecule is O=C1Nc2cccc(Br)c2S(=O)(=O)C12CC2. The summed E-state index contributed by atoms with van der Waals surface area (Å²) in [6.07, 6.45) is 0.837. The fourth-order valence-corrected chi connectivity index (χ4v) is 5.11. The van der Waals surface area contributed by atoms with Gasteiger partial charge in [0.15, 0.2) is 14.6 Å².